The van der Waals surface area contributed by atoms with E-state index in [9.17, 15) is 4.79 Å². The molecule has 0 bridgehead atoms. The van der Waals surface area contributed by atoms with Crippen molar-refractivity contribution in [2.45, 2.75) is 53.1 Å². The summed E-state index contributed by atoms with van der Waals surface area (Å²) < 4.78 is 7.39. The molecule has 0 saturated carbocycles. The van der Waals surface area contributed by atoms with Crippen molar-refractivity contribution >= 4 is 5.91 Å². The van der Waals surface area contributed by atoms with Gasteiger partial charge in [-0.25, -0.2) is 0 Å². The molecule has 6 nitrogen and oxygen atoms in total. The second-order valence-electron chi connectivity index (χ2n) is 7.49. The zero-order chi connectivity index (χ0) is 17.8. The molecule has 1 aromatic heterocycles. The second-order valence-corrected chi connectivity index (χ2v) is 7.49. The van der Waals surface area contributed by atoms with Gasteiger partial charge in [0.2, 0.25) is 5.91 Å². The first-order chi connectivity index (χ1) is 12.1. The largest absolute Gasteiger partial charge is 0.381 e. The number of carbonyl (C=O) groups is 1. The third kappa shape index (κ3) is 4.42. The van der Waals surface area contributed by atoms with Crippen molar-refractivity contribution in [3.63, 3.8) is 0 Å². The van der Waals surface area contributed by atoms with Gasteiger partial charge < -0.3 is 10.1 Å². The van der Waals surface area contributed by atoms with Gasteiger partial charge in [0.25, 0.3) is 0 Å². The van der Waals surface area contributed by atoms with E-state index >= 15 is 0 Å². The number of amides is 1. The lowest BCUT2D eigenvalue weighted by molar-refractivity contribution is -0.125. The summed E-state index contributed by atoms with van der Waals surface area (Å²) in [5, 5.41) is 7.77. The maximum absolute atomic E-state index is 12.1. The Morgan fingerprint density at radius 3 is 2.64 bits per heavy atom. The predicted molar refractivity (Wildman–Crippen MR) is 97.3 cm³/mol. The van der Waals surface area contributed by atoms with Crippen LogP contribution in [0.3, 0.4) is 0 Å². The summed E-state index contributed by atoms with van der Waals surface area (Å²) in [4.78, 5) is 14.6. The van der Waals surface area contributed by atoms with E-state index in [0.717, 1.165) is 64.3 Å². The minimum Gasteiger partial charge on any atom is -0.381 e. The summed E-state index contributed by atoms with van der Waals surface area (Å²) in [6, 6.07) is 0. The molecule has 1 aromatic rings. The molecule has 0 aliphatic carbocycles. The Bertz CT molecular complexity index is 584. The van der Waals surface area contributed by atoms with Crippen molar-refractivity contribution in [1.82, 2.24) is 20.0 Å². The van der Waals surface area contributed by atoms with Crippen LogP contribution in [0.15, 0.2) is 0 Å². The maximum Gasteiger partial charge on any atom is 0.225 e. The number of aromatic nitrogens is 2. The van der Waals surface area contributed by atoms with Gasteiger partial charge in [0, 0.05) is 37.5 Å². The Morgan fingerprint density at radius 1 is 1.28 bits per heavy atom. The lowest BCUT2D eigenvalue weighted by Gasteiger charge is -2.32. The fourth-order valence-corrected chi connectivity index (χ4v) is 3.97. The van der Waals surface area contributed by atoms with Crippen LogP contribution in [0, 0.1) is 25.7 Å². The lowest BCUT2D eigenvalue weighted by Crippen LogP contribution is -2.40. The van der Waals surface area contributed by atoms with Crippen LogP contribution in [0.5, 0.6) is 0 Å². The number of aryl methyl sites for hydroxylation is 2. The average Bonchev–Trinajstić information content (AvgIpc) is 3.25. The van der Waals surface area contributed by atoms with Crippen molar-refractivity contribution in [2.24, 2.45) is 11.8 Å². The van der Waals surface area contributed by atoms with E-state index in [2.05, 4.69) is 40.8 Å². The molecular formula is C19H32N4O2. The molecule has 2 aliphatic rings. The standard InChI is InChI=1S/C19H32N4O2/c1-4-23-15(3)18(14(2)21-23)12-22-8-5-16(6-9-22)11-20-19(24)17-7-10-25-13-17/h16-17H,4-13H2,1-3H3,(H,20,24). The van der Waals surface area contributed by atoms with Gasteiger partial charge in [-0.05, 0) is 59.0 Å². The van der Waals surface area contributed by atoms with Crippen molar-refractivity contribution in [2.75, 3.05) is 32.8 Å². The molecular weight excluding hydrogens is 316 g/mol. The fourth-order valence-electron chi connectivity index (χ4n) is 3.97. The molecule has 2 fully saturated rings. The van der Waals surface area contributed by atoms with E-state index in [4.69, 9.17) is 4.74 Å². The average molecular weight is 348 g/mol. The number of ether oxygens (including phenoxy) is 1. The van der Waals surface area contributed by atoms with Gasteiger partial charge in [0.05, 0.1) is 18.2 Å². The summed E-state index contributed by atoms with van der Waals surface area (Å²) in [6.07, 6.45) is 3.18. The van der Waals surface area contributed by atoms with E-state index in [1.54, 1.807) is 0 Å². The molecule has 3 heterocycles. The van der Waals surface area contributed by atoms with Crippen LogP contribution in [0.25, 0.3) is 0 Å². The SMILES string of the molecule is CCn1nc(C)c(CN2CCC(CNC(=O)C3CCOC3)CC2)c1C. The summed E-state index contributed by atoms with van der Waals surface area (Å²) in [5.41, 5.74) is 3.84. The molecule has 2 aliphatic heterocycles. The van der Waals surface area contributed by atoms with Gasteiger partial charge in [0.15, 0.2) is 0 Å². The Morgan fingerprint density at radius 2 is 2.04 bits per heavy atom. The third-order valence-corrected chi connectivity index (χ3v) is 5.79. The molecule has 0 aromatic carbocycles. The van der Waals surface area contributed by atoms with E-state index < -0.39 is 0 Å². The Balaban J connectivity index is 1.43. The summed E-state index contributed by atoms with van der Waals surface area (Å²) >= 11 is 0. The monoisotopic (exact) mass is 348 g/mol. The molecule has 2 saturated heterocycles. The van der Waals surface area contributed by atoms with Crippen molar-refractivity contribution in [1.29, 1.82) is 0 Å². The molecule has 3 rings (SSSR count). The van der Waals surface area contributed by atoms with E-state index in [-0.39, 0.29) is 11.8 Å². The van der Waals surface area contributed by atoms with Crippen LogP contribution in [0.4, 0.5) is 0 Å². The summed E-state index contributed by atoms with van der Waals surface area (Å²) in [5.74, 6) is 0.849. The van der Waals surface area contributed by atoms with Gasteiger partial charge in [-0.3, -0.25) is 14.4 Å². The minimum atomic E-state index is 0.0705. The predicted octanol–water partition coefficient (Wildman–Crippen LogP) is 1.88. The molecule has 1 amide bonds. The highest BCUT2D eigenvalue weighted by Gasteiger charge is 2.25. The molecule has 1 atom stereocenters. The molecule has 25 heavy (non-hydrogen) atoms. The van der Waals surface area contributed by atoms with Crippen LogP contribution >= 0.6 is 0 Å². The van der Waals surface area contributed by atoms with E-state index in [1.807, 2.05) is 0 Å². The zero-order valence-corrected chi connectivity index (χ0v) is 15.9. The topological polar surface area (TPSA) is 59.4 Å². The highest BCUT2D eigenvalue weighted by atomic mass is 16.5. The van der Waals surface area contributed by atoms with Crippen LogP contribution in [-0.4, -0.2) is 53.4 Å². The zero-order valence-electron chi connectivity index (χ0n) is 15.9. The number of rotatable bonds is 6. The smallest absolute Gasteiger partial charge is 0.225 e. The van der Waals surface area contributed by atoms with Gasteiger partial charge in [-0.1, -0.05) is 0 Å². The summed E-state index contributed by atoms with van der Waals surface area (Å²) in [7, 11) is 0. The second kappa shape index (κ2) is 8.32. The van der Waals surface area contributed by atoms with E-state index in [0.29, 0.717) is 12.5 Å². The third-order valence-electron chi connectivity index (χ3n) is 5.79. The van der Waals surface area contributed by atoms with Gasteiger partial charge in [0.1, 0.15) is 0 Å². The normalized spacial score (nSPS) is 22.4. The molecule has 0 spiro atoms. The minimum absolute atomic E-state index is 0.0705. The number of nitrogens with zero attached hydrogens (tertiary/aromatic N) is 3. The number of hydrogen-bond acceptors (Lipinski definition) is 4. The van der Waals surface area contributed by atoms with Crippen LogP contribution in [0.1, 0.15) is 43.1 Å². The number of likely N-dealkylation sites (tertiary alicyclic amines) is 1. The van der Waals surface area contributed by atoms with Crippen LogP contribution in [-0.2, 0) is 22.6 Å². The Kier molecular flexibility index (Phi) is 6.12. The molecule has 0 radical (unpaired) electrons. The van der Waals surface area contributed by atoms with E-state index in [1.165, 1.54) is 11.3 Å². The van der Waals surface area contributed by atoms with Gasteiger partial charge >= 0.3 is 0 Å². The van der Waals surface area contributed by atoms with Crippen LogP contribution in [0.2, 0.25) is 0 Å². The van der Waals surface area contributed by atoms with Gasteiger partial charge in [-0.15, -0.1) is 0 Å². The highest BCUT2D eigenvalue weighted by Crippen LogP contribution is 2.22. The molecule has 6 heteroatoms. The van der Waals surface area contributed by atoms with Crippen molar-refractivity contribution in [3.8, 4) is 0 Å². The fraction of sp³-hybridized carbons (Fsp3) is 0.789. The Hall–Kier alpha value is -1.40. The lowest BCUT2D eigenvalue weighted by atomic mass is 9.96. The first kappa shape index (κ1) is 18.4. The number of hydrogen-bond donors (Lipinski definition) is 1. The van der Waals surface area contributed by atoms with Crippen molar-refractivity contribution in [3.05, 3.63) is 17.0 Å². The van der Waals surface area contributed by atoms with Crippen molar-refractivity contribution < 1.29 is 9.53 Å². The number of nitrogens with one attached hydrogen (secondary N) is 1. The van der Waals surface area contributed by atoms with Gasteiger partial charge in [-0.2, -0.15) is 5.10 Å². The summed E-state index contributed by atoms with van der Waals surface area (Å²) in [6.45, 7) is 12.7. The van der Waals surface area contributed by atoms with Crippen LogP contribution < -0.4 is 5.32 Å². The quantitative estimate of drug-likeness (QED) is 0.853. The molecule has 1 N–H and O–H groups in total. The number of piperidine rings is 1. The molecule has 1 unspecified atom stereocenters. The maximum atomic E-state index is 12.1. The number of carbonyl (C=O) groups excluding carboxylic acids is 1. The Labute approximate surface area is 150 Å². The highest BCUT2D eigenvalue weighted by molar-refractivity contribution is 5.78. The first-order valence-electron chi connectivity index (χ1n) is 9.69. The molecule has 140 valence electrons. The first-order valence-corrected chi connectivity index (χ1v) is 9.69.